The number of thiophene rings is 1. The number of hydrogen-bond donors (Lipinski definition) is 3. The second kappa shape index (κ2) is 7.37. The third-order valence-electron chi connectivity index (χ3n) is 4.79. The average molecular weight is 406 g/mol. The summed E-state index contributed by atoms with van der Waals surface area (Å²) < 4.78 is 11.0. The predicted octanol–water partition coefficient (Wildman–Crippen LogP) is 4.27. The number of nitrogen functional groups attached to an aromatic ring is 1. The summed E-state index contributed by atoms with van der Waals surface area (Å²) in [7, 11) is 1.55. The third kappa shape index (κ3) is 3.11. The van der Waals surface area contributed by atoms with Crippen LogP contribution in [0.4, 0.5) is 16.4 Å². The molecule has 0 radical (unpaired) electrons. The molecule has 0 bridgehead atoms. The fourth-order valence-electron chi connectivity index (χ4n) is 3.50. The van der Waals surface area contributed by atoms with Crippen molar-refractivity contribution >= 4 is 33.6 Å². The zero-order chi connectivity index (χ0) is 20.5. The molecular formula is C21H18N4O3S. The lowest BCUT2D eigenvalue weighted by atomic mass is 9.85. The molecule has 0 spiro atoms. The molecule has 3 aromatic rings. The second-order valence-electron chi connectivity index (χ2n) is 6.47. The lowest BCUT2D eigenvalue weighted by Crippen LogP contribution is -2.26. The molecule has 0 aliphatic carbocycles. The van der Waals surface area contributed by atoms with E-state index in [1.807, 2.05) is 19.1 Å². The van der Waals surface area contributed by atoms with Gasteiger partial charge in [0.05, 0.1) is 36.2 Å². The number of nitrogens with zero attached hydrogens (tertiary/aromatic N) is 1. The highest BCUT2D eigenvalue weighted by Gasteiger charge is 2.38. The largest absolute Gasteiger partial charge is 0.495 e. The van der Waals surface area contributed by atoms with E-state index in [4.69, 9.17) is 14.9 Å². The van der Waals surface area contributed by atoms with Crippen molar-refractivity contribution < 1.29 is 13.9 Å². The van der Waals surface area contributed by atoms with Gasteiger partial charge >= 0.3 is 0 Å². The summed E-state index contributed by atoms with van der Waals surface area (Å²) in [5.41, 5.74) is 8.99. The zero-order valence-corrected chi connectivity index (χ0v) is 16.6. The van der Waals surface area contributed by atoms with Gasteiger partial charge in [-0.15, -0.1) is 11.3 Å². The van der Waals surface area contributed by atoms with Crippen molar-refractivity contribution in [1.29, 1.82) is 5.26 Å². The fraction of sp³-hybridized carbons (Fsp3) is 0.143. The first-order valence-electron chi connectivity index (χ1n) is 8.83. The van der Waals surface area contributed by atoms with Crippen LogP contribution in [0.1, 0.15) is 29.0 Å². The minimum Gasteiger partial charge on any atom is -0.495 e. The average Bonchev–Trinajstić information content (AvgIpc) is 3.35. The SMILES string of the molecule is COc1ccccc1NC(=O)C1=C(C)Nc2sc(C#N)c(N)c2[C@H]1c1ccco1. The lowest BCUT2D eigenvalue weighted by molar-refractivity contribution is -0.113. The first-order chi connectivity index (χ1) is 14.0. The molecular weight excluding hydrogens is 388 g/mol. The molecule has 2 aromatic heterocycles. The van der Waals surface area contributed by atoms with Gasteiger partial charge in [0, 0.05) is 11.3 Å². The van der Waals surface area contributed by atoms with Gasteiger partial charge < -0.3 is 25.5 Å². The van der Waals surface area contributed by atoms with Gasteiger partial charge in [-0.3, -0.25) is 4.79 Å². The molecule has 0 unspecified atom stereocenters. The Labute approximate surface area is 171 Å². The Balaban J connectivity index is 1.81. The third-order valence-corrected chi connectivity index (χ3v) is 5.84. The van der Waals surface area contributed by atoms with Gasteiger partial charge in [0.15, 0.2) is 0 Å². The van der Waals surface area contributed by atoms with E-state index in [0.29, 0.717) is 44.6 Å². The standard InChI is InChI=1S/C21H18N4O3S/c1-11-16(20(26)25-12-6-3-4-7-13(12)27-2)17(14-8-5-9-28-14)18-19(23)15(10-22)29-21(18)24-11/h3-9,17,24H,23H2,1-2H3,(H,25,26)/t17-/m0/s1. The van der Waals surface area contributed by atoms with Crippen LogP contribution in [0.2, 0.25) is 0 Å². The summed E-state index contributed by atoms with van der Waals surface area (Å²) in [5, 5.41) is 16.3. The van der Waals surface area contributed by atoms with Gasteiger partial charge in [0.25, 0.3) is 5.91 Å². The van der Waals surface area contributed by atoms with Gasteiger partial charge in [-0.05, 0) is 31.2 Å². The molecule has 0 saturated heterocycles. The molecule has 3 heterocycles. The lowest BCUT2D eigenvalue weighted by Gasteiger charge is -2.27. The molecule has 4 N–H and O–H groups in total. The van der Waals surface area contributed by atoms with Gasteiger partial charge in [-0.1, -0.05) is 12.1 Å². The Morgan fingerprint density at radius 1 is 1.34 bits per heavy atom. The number of methoxy groups -OCH3 is 1. The van der Waals surface area contributed by atoms with Crippen LogP contribution >= 0.6 is 11.3 Å². The number of carbonyl (C=O) groups is 1. The van der Waals surface area contributed by atoms with Crippen molar-refractivity contribution in [2.75, 3.05) is 23.5 Å². The number of nitrogens with one attached hydrogen (secondary N) is 2. The maximum atomic E-state index is 13.3. The number of ether oxygens (including phenoxy) is 1. The zero-order valence-electron chi connectivity index (χ0n) is 15.8. The number of anilines is 3. The molecule has 146 valence electrons. The molecule has 7 nitrogen and oxygen atoms in total. The topological polar surface area (TPSA) is 113 Å². The Bertz CT molecular complexity index is 1160. The van der Waals surface area contributed by atoms with Crippen molar-refractivity contribution in [3.63, 3.8) is 0 Å². The van der Waals surface area contributed by atoms with Crippen LogP contribution in [0.25, 0.3) is 0 Å². The van der Waals surface area contributed by atoms with E-state index in [1.165, 1.54) is 11.3 Å². The molecule has 0 fully saturated rings. The van der Waals surface area contributed by atoms with Crippen LogP contribution in [0.5, 0.6) is 5.75 Å². The van der Waals surface area contributed by atoms with E-state index in [1.54, 1.807) is 37.6 Å². The highest BCUT2D eigenvalue weighted by atomic mass is 32.1. The second-order valence-corrected chi connectivity index (χ2v) is 7.49. The highest BCUT2D eigenvalue weighted by molar-refractivity contribution is 7.17. The Morgan fingerprint density at radius 2 is 2.14 bits per heavy atom. The summed E-state index contributed by atoms with van der Waals surface area (Å²) in [6, 6.07) is 12.9. The molecule has 1 aliphatic heterocycles. The van der Waals surface area contributed by atoms with Gasteiger partial charge in [0.1, 0.15) is 27.5 Å². The normalized spacial score (nSPS) is 15.3. The number of hydrogen-bond acceptors (Lipinski definition) is 7. The van der Waals surface area contributed by atoms with Crippen LogP contribution in [-0.2, 0) is 4.79 Å². The Hall–Kier alpha value is -3.70. The Kier molecular flexibility index (Phi) is 4.74. The maximum absolute atomic E-state index is 13.3. The maximum Gasteiger partial charge on any atom is 0.254 e. The number of amides is 1. The summed E-state index contributed by atoms with van der Waals surface area (Å²) in [5.74, 6) is 0.288. The van der Waals surface area contributed by atoms with Crippen molar-refractivity contribution in [3.05, 3.63) is 70.1 Å². The van der Waals surface area contributed by atoms with Crippen LogP contribution in [0.15, 0.2) is 58.3 Å². The van der Waals surface area contributed by atoms with Crippen molar-refractivity contribution in [1.82, 2.24) is 0 Å². The minimum atomic E-state index is -0.533. The quantitative estimate of drug-likeness (QED) is 0.596. The molecule has 1 atom stereocenters. The molecule has 8 heteroatoms. The first-order valence-corrected chi connectivity index (χ1v) is 9.64. The predicted molar refractivity (Wildman–Crippen MR) is 112 cm³/mol. The fourth-order valence-corrected chi connectivity index (χ4v) is 4.51. The van der Waals surface area contributed by atoms with Gasteiger partial charge in [0.2, 0.25) is 0 Å². The first kappa shape index (κ1) is 18.7. The summed E-state index contributed by atoms with van der Waals surface area (Å²) in [4.78, 5) is 13.7. The van der Waals surface area contributed by atoms with Gasteiger partial charge in [-0.2, -0.15) is 5.26 Å². The van der Waals surface area contributed by atoms with Crippen LogP contribution in [0, 0.1) is 11.3 Å². The van der Waals surface area contributed by atoms with E-state index in [9.17, 15) is 10.1 Å². The van der Waals surface area contributed by atoms with Gasteiger partial charge in [-0.25, -0.2) is 0 Å². The number of furan rings is 1. The van der Waals surface area contributed by atoms with Crippen molar-refractivity contribution in [3.8, 4) is 11.8 Å². The van der Waals surface area contributed by atoms with Crippen LogP contribution in [0.3, 0.4) is 0 Å². The van der Waals surface area contributed by atoms with E-state index in [0.717, 1.165) is 5.00 Å². The number of benzene rings is 1. The minimum absolute atomic E-state index is 0.310. The number of rotatable bonds is 4. The molecule has 1 aliphatic rings. The summed E-state index contributed by atoms with van der Waals surface area (Å²) >= 11 is 1.27. The van der Waals surface area contributed by atoms with E-state index < -0.39 is 5.92 Å². The molecule has 1 amide bonds. The number of carbonyl (C=O) groups excluding carboxylic acids is 1. The van der Waals surface area contributed by atoms with Crippen LogP contribution in [-0.4, -0.2) is 13.0 Å². The smallest absolute Gasteiger partial charge is 0.254 e. The summed E-state index contributed by atoms with van der Waals surface area (Å²) in [6.07, 6.45) is 1.55. The van der Waals surface area contributed by atoms with E-state index >= 15 is 0 Å². The summed E-state index contributed by atoms with van der Waals surface area (Å²) in [6.45, 7) is 1.82. The van der Waals surface area contributed by atoms with E-state index in [-0.39, 0.29) is 5.91 Å². The Morgan fingerprint density at radius 3 is 2.83 bits per heavy atom. The van der Waals surface area contributed by atoms with Crippen molar-refractivity contribution in [2.45, 2.75) is 12.8 Å². The molecule has 0 saturated carbocycles. The van der Waals surface area contributed by atoms with E-state index in [2.05, 4.69) is 16.7 Å². The number of para-hydroxylation sites is 2. The monoisotopic (exact) mass is 406 g/mol. The number of fused-ring (bicyclic) bond motifs is 1. The number of nitriles is 1. The molecule has 29 heavy (non-hydrogen) atoms. The highest BCUT2D eigenvalue weighted by Crippen LogP contribution is 2.50. The molecule has 4 rings (SSSR count). The number of nitrogens with two attached hydrogens (primary N) is 1. The number of allylic oxidation sites excluding steroid dienone is 1. The van der Waals surface area contributed by atoms with Crippen LogP contribution < -0.4 is 21.1 Å². The molecule has 1 aromatic carbocycles. The van der Waals surface area contributed by atoms with Crippen molar-refractivity contribution in [2.24, 2.45) is 0 Å².